The maximum absolute atomic E-state index is 13.1. The van der Waals surface area contributed by atoms with Crippen LogP contribution in [-0.4, -0.2) is 51.2 Å². The van der Waals surface area contributed by atoms with Crippen LogP contribution in [0.2, 0.25) is 0 Å². The van der Waals surface area contributed by atoms with Crippen LogP contribution < -0.4 is 16.0 Å². The van der Waals surface area contributed by atoms with Crippen molar-refractivity contribution in [3.63, 3.8) is 0 Å². The van der Waals surface area contributed by atoms with Crippen molar-refractivity contribution in [2.45, 2.75) is 37.8 Å². The average Bonchev–Trinajstić information content (AvgIpc) is 3.24. The quantitative estimate of drug-likeness (QED) is 0.494. The summed E-state index contributed by atoms with van der Waals surface area (Å²) in [4.78, 5) is 27.0. The van der Waals surface area contributed by atoms with Crippen LogP contribution in [-0.2, 0) is 4.79 Å². The summed E-state index contributed by atoms with van der Waals surface area (Å²) in [5, 5.41) is 13.5. The van der Waals surface area contributed by atoms with Gasteiger partial charge in [-0.05, 0) is 37.8 Å². The molecule has 8 nitrogen and oxygen atoms in total. The number of aliphatic hydroxyl groups is 1. The fourth-order valence-electron chi connectivity index (χ4n) is 4.01. The molecule has 0 bridgehead atoms. The molecular weight excluding hydrogens is 380 g/mol. The summed E-state index contributed by atoms with van der Waals surface area (Å²) in [6.45, 7) is 3.28. The molecule has 1 saturated heterocycles. The lowest BCUT2D eigenvalue weighted by Crippen LogP contribution is -2.60. The van der Waals surface area contributed by atoms with Gasteiger partial charge in [-0.3, -0.25) is 4.79 Å². The highest BCUT2D eigenvalue weighted by atomic mass is 16.3. The Bertz CT molecular complexity index is 1010. The molecule has 158 valence electrons. The SMILES string of the molecule is Cc1ccc(C(CCO)NC(=O)C2(N)CCN(c3ncnc4[nH]ccc34)CC2)cc1. The molecule has 0 saturated carbocycles. The molecule has 5 N–H and O–H groups in total. The molecule has 0 radical (unpaired) electrons. The summed E-state index contributed by atoms with van der Waals surface area (Å²) in [7, 11) is 0. The number of aromatic amines is 1. The van der Waals surface area contributed by atoms with E-state index in [4.69, 9.17) is 5.73 Å². The maximum atomic E-state index is 13.1. The smallest absolute Gasteiger partial charge is 0.240 e. The van der Waals surface area contributed by atoms with Crippen molar-refractivity contribution in [2.75, 3.05) is 24.6 Å². The van der Waals surface area contributed by atoms with Crippen LogP contribution >= 0.6 is 0 Å². The maximum Gasteiger partial charge on any atom is 0.240 e. The Hall–Kier alpha value is -2.97. The van der Waals surface area contributed by atoms with Crippen molar-refractivity contribution in [3.8, 4) is 0 Å². The van der Waals surface area contributed by atoms with E-state index in [1.165, 1.54) is 0 Å². The molecule has 0 spiro atoms. The largest absolute Gasteiger partial charge is 0.396 e. The van der Waals surface area contributed by atoms with Gasteiger partial charge in [0.15, 0.2) is 0 Å². The summed E-state index contributed by atoms with van der Waals surface area (Å²) >= 11 is 0. The topological polar surface area (TPSA) is 120 Å². The van der Waals surface area contributed by atoms with E-state index in [0.29, 0.717) is 32.4 Å². The van der Waals surface area contributed by atoms with Crippen molar-refractivity contribution in [1.82, 2.24) is 20.3 Å². The van der Waals surface area contributed by atoms with Crippen LogP contribution in [0.15, 0.2) is 42.9 Å². The third-order valence-corrected chi connectivity index (χ3v) is 5.94. The number of fused-ring (bicyclic) bond motifs is 1. The average molecular weight is 409 g/mol. The monoisotopic (exact) mass is 408 g/mol. The fraction of sp³-hybridized carbons (Fsp3) is 0.409. The Kier molecular flexibility index (Phi) is 5.69. The van der Waals surface area contributed by atoms with Crippen molar-refractivity contribution in [1.29, 1.82) is 0 Å². The summed E-state index contributed by atoms with van der Waals surface area (Å²) in [5.41, 5.74) is 8.52. The standard InChI is InChI=1S/C22H28N6O2/c1-15-2-4-16(5-3-15)18(7-13-29)27-21(30)22(23)8-11-28(12-9-22)20-17-6-10-24-19(17)25-14-26-20/h2-6,10,14,18,29H,7-9,11-13,23H2,1H3,(H,27,30)(H,24,25,26). The fourth-order valence-corrected chi connectivity index (χ4v) is 4.01. The number of rotatable bonds is 6. The molecule has 3 aromatic rings. The Morgan fingerprint density at radius 2 is 2.00 bits per heavy atom. The van der Waals surface area contributed by atoms with Crippen molar-refractivity contribution < 1.29 is 9.90 Å². The van der Waals surface area contributed by atoms with E-state index >= 15 is 0 Å². The minimum absolute atomic E-state index is 0.00938. The van der Waals surface area contributed by atoms with Gasteiger partial charge in [0, 0.05) is 25.9 Å². The Morgan fingerprint density at radius 1 is 1.27 bits per heavy atom. The van der Waals surface area contributed by atoms with E-state index in [0.717, 1.165) is 28.0 Å². The second-order valence-electron chi connectivity index (χ2n) is 8.03. The molecule has 1 aliphatic rings. The number of anilines is 1. The van der Waals surface area contributed by atoms with Gasteiger partial charge < -0.3 is 26.0 Å². The lowest BCUT2D eigenvalue weighted by molar-refractivity contribution is -0.128. The van der Waals surface area contributed by atoms with Gasteiger partial charge in [-0.15, -0.1) is 0 Å². The molecule has 1 aliphatic heterocycles. The number of aliphatic hydroxyl groups excluding tert-OH is 1. The second-order valence-corrected chi connectivity index (χ2v) is 8.03. The van der Waals surface area contributed by atoms with Crippen LogP contribution in [0.1, 0.15) is 36.4 Å². The minimum atomic E-state index is -0.945. The highest BCUT2D eigenvalue weighted by molar-refractivity contribution is 5.89. The van der Waals surface area contributed by atoms with Crippen LogP contribution in [0.3, 0.4) is 0 Å². The zero-order chi connectivity index (χ0) is 21.1. The first kappa shape index (κ1) is 20.3. The molecule has 30 heavy (non-hydrogen) atoms. The number of H-pyrrole nitrogens is 1. The number of nitrogens with two attached hydrogens (primary N) is 1. The van der Waals surface area contributed by atoms with E-state index in [-0.39, 0.29) is 18.6 Å². The first-order chi connectivity index (χ1) is 14.5. The number of piperidine rings is 1. The summed E-state index contributed by atoms with van der Waals surface area (Å²) in [6.07, 6.45) is 4.89. The van der Waals surface area contributed by atoms with Crippen LogP contribution in [0, 0.1) is 6.92 Å². The van der Waals surface area contributed by atoms with Crippen molar-refractivity contribution >= 4 is 22.8 Å². The number of hydrogen-bond acceptors (Lipinski definition) is 6. The number of aromatic nitrogens is 3. The molecule has 4 rings (SSSR count). The Labute approximate surface area is 175 Å². The molecule has 2 aromatic heterocycles. The number of amides is 1. The van der Waals surface area contributed by atoms with Crippen LogP contribution in [0.5, 0.6) is 0 Å². The van der Waals surface area contributed by atoms with E-state index in [9.17, 15) is 9.90 Å². The highest BCUT2D eigenvalue weighted by Gasteiger charge is 2.39. The minimum Gasteiger partial charge on any atom is -0.396 e. The third kappa shape index (κ3) is 4.01. The summed E-state index contributed by atoms with van der Waals surface area (Å²) in [5.74, 6) is 0.692. The predicted molar refractivity (Wildman–Crippen MR) is 116 cm³/mol. The molecule has 1 atom stereocenters. The first-order valence-corrected chi connectivity index (χ1v) is 10.3. The second kappa shape index (κ2) is 8.41. The number of nitrogens with one attached hydrogen (secondary N) is 2. The van der Waals surface area contributed by atoms with Crippen LogP contribution in [0.25, 0.3) is 11.0 Å². The Morgan fingerprint density at radius 3 is 2.70 bits per heavy atom. The number of benzene rings is 1. The normalized spacial score (nSPS) is 17.1. The number of carbonyl (C=O) groups is 1. The van der Waals surface area contributed by atoms with Crippen LogP contribution in [0.4, 0.5) is 5.82 Å². The van der Waals surface area contributed by atoms with Crippen molar-refractivity contribution in [2.24, 2.45) is 5.73 Å². The van der Waals surface area contributed by atoms with Gasteiger partial charge in [-0.1, -0.05) is 29.8 Å². The van der Waals surface area contributed by atoms with Gasteiger partial charge in [-0.2, -0.15) is 0 Å². The van der Waals surface area contributed by atoms with Gasteiger partial charge in [-0.25, -0.2) is 9.97 Å². The highest BCUT2D eigenvalue weighted by Crippen LogP contribution is 2.29. The van der Waals surface area contributed by atoms with E-state index in [1.54, 1.807) is 6.33 Å². The summed E-state index contributed by atoms with van der Waals surface area (Å²) in [6, 6.07) is 9.68. The summed E-state index contributed by atoms with van der Waals surface area (Å²) < 4.78 is 0. The molecule has 1 unspecified atom stereocenters. The van der Waals surface area contributed by atoms with Gasteiger partial charge in [0.1, 0.15) is 17.8 Å². The first-order valence-electron chi connectivity index (χ1n) is 10.3. The molecule has 3 heterocycles. The molecule has 0 aliphatic carbocycles. The van der Waals surface area contributed by atoms with E-state index in [1.807, 2.05) is 43.5 Å². The number of aryl methyl sites for hydroxylation is 1. The lowest BCUT2D eigenvalue weighted by Gasteiger charge is -2.39. The van der Waals surface area contributed by atoms with E-state index < -0.39 is 5.54 Å². The predicted octanol–water partition coefficient (Wildman–Crippen LogP) is 1.80. The van der Waals surface area contributed by atoms with Gasteiger partial charge in [0.05, 0.1) is 17.0 Å². The number of carbonyl (C=O) groups excluding carboxylic acids is 1. The molecule has 1 amide bonds. The zero-order valence-corrected chi connectivity index (χ0v) is 17.1. The molecule has 1 fully saturated rings. The number of hydrogen-bond donors (Lipinski definition) is 4. The zero-order valence-electron chi connectivity index (χ0n) is 17.1. The van der Waals surface area contributed by atoms with Gasteiger partial charge >= 0.3 is 0 Å². The Balaban J connectivity index is 1.44. The lowest BCUT2D eigenvalue weighted by atomic mass is 9.87. The van der Waals surface area contributed by atoms with Crippen molar-refractivity contribution in [3.05, 3.63) is 54.0 Å². The third-order valence-electron chi connectivity index (χ3n) is 5.94. The number of nitrogens with zero attached hydrogens (tertiary/aromatic N) is 3. The van der Waals surface area contributed by atoms with Gasteiger partial charge in [0.2, 0.25) is 5.91 Å². The van der Waals surface area contributed by atoms with E-state index in [2.05, 4.69) is 25.2 Å². The molecule has 8 heteroatoms. The molecular formula is C22H28N6O2. The molecule has 1 aromatic carbocycles. The van der Waals surface area contributed by atoms with Gasteiger partial charge in [0.25, 0.3) is 0 Å².